The zero-order valence-corrected chi connectivity index (χ0v) is 15.1. The number of nitrogens with zero attached hydrogens (tertiary/aromatic N) is 2. The molecule has 1 saturated heterocycles. The normalized spacial score (nSPS) is 23.2. The number of ether oxygens (including phenoxy) is 1. The Morgan fingerprint density at radius 2 is 2.00 bits per heavy atom. The van der Waals surface area contributed by atoms with Crippen LogP contribution in [0.3, 0.4) is 0 Å². The summed E-state index contributed by atoms with van der Waals surface area (Å²) in [6.45, 7) is 7.78. The standard InChI is InChI=1S/C20H25N3O2/c1-12-4-6-15(7-5-12)9-16-10-23(11-16)20(24)19-17-8-13(2)25-14(3)18(17)21-22-19/h4-7,13-14,16H,8-11H2,1-3H3,(H,21,22)/t13-,14+/m1/s1. The SMILES string of the molecule is Cc1ccc(CC2CN(C(=O)c3n[nH]c4c3C[C@@H](C)O[C@H]4C)C2)cc1. The monoisotopic (exact) mass is 339 g/mol. The van der Waals surface area contributed by atoms with Gasteiger partial charge in [0.2, 0.25) is 0 Å². The third-order valence-corrected chi connectivity index (χ3v) is 5.33. The third-order valence-electron chi connectivity index (χ3n) is 5.33. The summed E-state index contributed by atoms with van der Waals surface area (Å²) in [5, 5.41) is 7.32. The van der Waals surface area contributed by atoms with E-state index in [0.717, 1.165) is 37.2 Å². The number of carbonyl (C=O) groups is 1. The lowest BCUT2D eigenvalue weighted by atomic mass is 9.91. The van der Waals surface area contributed by atoms with Gasteiger partial charge in [0.25, 0.3) is 5.91 Å². The van der Waals surface area contributed by atoms with Crippen molar-refractivity contribution in [1.82, 2.24) is 15.1 Å². The highest BCUT2D eigenvalue weighted by molar-refractivity contribution is 5.94. The average Bonchev–Trinajstić information content (AvgIpc) is 2.95. The maximum atomic E-state index is 12.8. The summed E-state index contributed by atoms with van der Waals surface area (Å²) in [5.41, 5.74) is 5.21. The molecule has 2 atom stereocenters. The van der Waals surface area contributed by atoms with Crippen molar-refractivity contribution in [2.45, 2.75) is 45.8 Å². The van der Waals surface area contributed by atoms with Crippen LogP contribution < -0.4 is 0 Å². The number of benzene rings is 1. The lowest BCUT2D eigenvalue weighted by Crippen LogP contribution is -2.51. The Labute approximate surface area is 148 Å². The fraction of sp³-hybridized carbons (Fsp3) is 0.500. The molecule has 4 rings (SSSR count). The topological polar surface area (TPSA) is 58.2 Å². The number of fused-ring (bicyclic) bond motifs is 1. The number of likely N-dealkylation sites (tertiary alicyclic amines) is 1. The molecule has 1 N–H and O–H groups in total. The number of aromatic amines is 1. The van der Waals surface area contributed by atoms with Crippen LogP contribution in [0.1, 0.15) is 52.8 Å². The van der Waals surface area contributed by atoms with E-state index in [1.165, 1.54) is 11.1 Å². The fourth-order valence-corrected chi connectivity index (χ4v) is 3.92. The molecule has 2 aromatic rings. The van der Waals surface area contributed by atoms with Gasteiger partial charge in [-0.1, -0.05) is 29.8 Å². The zero-order valence-electron chi connectivity index (χ0n) is 15.1. The molecule has 2 aliphatic rings. The quantitative estimate of drug-likeness (QED) is 0.935. The molecule has 0 spiro atoms. The van der Waals surface area contributed by atoms with E-state index in [2.05, 4.69) is 41.4 Å². The van der Waals surface area contributed by atoms with Crippen LogP contribution in [-0.2, 0) is 17.6 Å². The van der Waals surface area contributed by atoms with Crippen LogP contribution >= 0.6 is 0 Å². The van der Waals surface area contributed by atoms with Gasteiger partial charge < -0.3 is 9.64 Å². The van der Waals surface area contributed by atoms with Gasteiger partial charge in [0.1, 0.15) is 0 Å². The lowest BCUT2D eigenvalue weighted by Gasteiger charge is -2.39. The van der Waals surface area contributed by atoms with E-state index < -0.39 is 0 Å². The minimum Gasteiger partial charge on any atom is -0.369 e. The van der Waals surface area contributed by atoms with Gasteiger partial charge >= 0.3 is 0 Å². The summed E-state index contributed by atoms with van der Waals surface area (Å²) in [5.74, 6) is 0.599. The van der Waals surface area contributed by atoms with Crippen molar-refractivity contribution >= 4 is 5.91 Å². The predicted octanol–water partition coefficient (Wildman–Crippen LogP) is 3.06. The summed E-state index contributed by atoms with van der Waals surface area (Å²) in [7, 11) is 0. The Balaban J connectivity index is 1.40. The molecule has 0 aliphatic carbocycles. The molecule has 2 aliphatic heterocycles. The number of amides is 1. The van der Waals surface area contributed by atoms with Crippen molar-refractivity contribution in [3.63, 3.8) is 0 Å². The molecular formula is C20H25N3O2. The summed E-state index contributed by atoms with van der Waals surface area (Å²) in [6.07, 6.45) is 1.87. The van der Waals surface area contributed by atoms with Crippen molar-refractivity contribution < 1.29 is 9.53 Å². The highest BCUT2D eigenvalue weighted by Crippen LogP contribution is 2.31. The lowest BCUT2D eigenvalue weighted by molar-refractivity contribution is -0.00709. The number of aromatic nitrogens is 2. The molecule has 25 heavy (non-hydrogen) atoms. The van der Waals surface area contributed by atoms with Crippen LogP contribution in [0, 0.1) is 12.8 Å². The molecule has 3 heterocycles. The molecule has 132 valence electrons. The second-order valence-corrected chi connectivity index (χ2v) is 7.52. The minimum atomic E-state index is -0.0292. The largest absolute Gasteiger partial charge is 0.369 e. The number of carbonyl (C=O) groups excluding carboxylic acids is 1. The van der Waals surface area contributed by atoms with Gasteiger partial charge in [0, 0.05) is 25.1 Å². The molecule has 1 aromatic heterocycles. The first kappa shape index (κ1) is 16.3. The van der Waals surface area contributed by atoms with Gasteiger partial charge in [-0.3, -0.25) is 9.89 Å². The number of nitrogens with one attached hydrogen (secondary N) is 1. The second-order valence-electron chi connectivity index (χ2n) is 7.52. The van der Waals surface area contributed by atoms with Crippen molar-refractivity contribution in [2.24, 2.45) is 5.92 Å². The van der Waals surface area contributed by atoms with E-state index in [9.17, 15) is 4.79 Å². The van der Waals surface area contributed by atoms with Gasteiger partial charge in [0.15, 0.2) is 5.69 Å². The third kappa shape index (κ3) is 3.09. The van der Waals surface area contributed by atoms with E-state index >= 15 is 0 Å². The molecular weight excluding hydrogens is 314 g/mol. The Kier molecular flexibility index (Phi) is 4.12. The molecule has 0 bridgehead atoms. The Bertz CT molecular complexity index is 775. The summed E-state index contributed by atoms with van der Waals surface area (Å²) in [4.78, 5) is 14.7. The molecule has 0 unspecified atom stereocenters. The minimum absolute atomic E-state index is 0.0292. The average molecular weight is 339 g/mol. The Hall–Kier alpha value is -2.14. The Morgan fingerprint density at radius 3 is 2.72 bits per heavy atom. The molecule has 5 heteroatoms. The first-order chi connectivity index (χ1) is 12.0. The van der Waals surface area contributed by atoms with Gasteiger partial charge in [0.05, 0.1) is 17.9 Å². The van der Waals surface area contributed by atoms with E-state index in [0.29, 0.717) is 11.6 Å². The van der Waals surface area contributed by atoms with Crippen molar-refractivity contribution in [2.75, 3.05) is 13.1 Å². The van der Waals surface area contributed by atoms with Gasteiger partial charge in [-0.15, -0.1) is 0 Å². The highest BCUT2D eigenvalue weighted by atomic mass is 16.5. The van der Waals surface area contributed by atoms with Gasteiger partial charge in [-0.2, -0.15) is 5.10 Å². The smallest absolute Gasteiger partial charge is 0.274 e. The fourth-order valence-electron chi connectivity index (χ4n) is 3.92. The van der Waals surface area contributed by atoms with Crippen LogP contribution in [0.2, 0.25) is 0 Å². The van der Waals surface area contributed by atoms with E-state index in [1.807, 2.05) is 18.7 Å². The Morgan fingerprint density at radius 1 is 1.28 bits per heavy atom. The van der Waals surface area contributed by atoms with Crippen molar-refractivity contribution in [3.8, 4) is 0 Å². The maximum Gasteiger partial charge on any atom is 0.274 e. The summed E-state index contributed by atoms with van der Waals surface area (Å²) >= 11 is 0. The van der Waals surface area contributed by atoms with Gasteiger partial charge in [-0.05, 0) is 38.7 Å². The van der Waals surface area contributed by atoms with Crippen LogP contribution in [0.5, 0.6) is 0 Å². The number of hydrogen-bond acceptors (Lipinski definition) is 3. The molecule has 5 nitrogen and oxygen atoms in total. The molecule has 0 saturated carbocycles. The number of aryl methyl sites for hydroxylation is 1. The number of hydrogen-bond donors (Lipinski definition) is 1. The van der Waals surface area contributed by atoms with Crippen molar-refractivity contribution in [1.29, 1.82) is 0 Å². The van der Waals surface area contributed by atoms with E-state index in [1.54, 1.807) is 0 Å². The van der Waals surface area contributed by atoms with E-state index in [4.69, 9.17) is 4.74 Å². The predicted molar refractivity (Wildman–Crippen MR) is 95.5 cm³/mol. The summed E-state index contributed by atoms with van der Waals surface area (Å²) in [6, 6.07) is 8.67. The van der Waals surface area contributed by atoms with E-state index in [-0.39, 0.29) is 18.1 Å². The zero-order chi connectivity index (χ0) is 17.6. The second kappa shape index (κ2) is 6.30. The van der Waals surface area contributed by atoms with Crippen molar-refractivity contribution in [3.05, 3.63) is 52.3 Å². The molecule has 1 aromatic carbocycles. The molecule has 1 amide bonds. The van der Waals surface area contributed by atoms with Crippen LogP contribution in [-0.4, -0.2) is 40.2 Å². The van der Waals surface area contributed by atoms with Crippen LogP contribution in [0.25, 0.3) is 0 Å². The highest BCUT2D eigenvalue weighted by Gasteiger charge is 2.36. The van der Waals surface area contributed by atoms with Gasteiger partial charge in [-0.25, -0.2) is 0 Å². The van der Waals surface area contributed by atoms with Crippen LogP contribution in [0.15, 0.2) is 24.3 Å². The first-order valence-corrected chi connectivity index (χ1v) is 9.08. The molecule has 1 fully saturated rings. The molecule has 0 radical (unpaired) electrons. The first-order valence-electron chi connectivity index (χ1n) is 9.08. The number of rotatable bonds is 3. The number of H-pyrrole nitrogens is 1. The summed E-state index contributed by atoms with van der Waals surface area (Å²) < 4.78 is 5.80. The van der Waals surface area contributed by atoms with Crippen LogP contribution in [0.4, 0.5) is 0 Å². The maximum absolute atomic E-state index is 12.8.